The van der Waals surface area contributed by atoms with Crippen LogP contribution in [0.1, 0.15) is 27.2 Å². The summed E-state index contributed by atoms with van der Waals surface area (Å²) in [7, 11) is 0. The molecule has 3 aromatic rings. The second-order valence-corrected chi connectivity index (χ2v) is 7.27. The maximum atomic E-state index is 13.3. The van der Waals surface area contributed by atoms with Gasteiger partial charge in [-0.05, 0) is 72.3 Å². The van der Waals surface area contributed by atoms with E-state index in [1.165, 1.54) is 17.0 Å². The highest BCUT2D eigenvalue weighted by atomic mass is 127. The third-order valence-corrected chi connectivity index (χ3v) is 5.11. The predicted molar refractivity (Wildman–Crippen MR) is 105 cm³/mol. The zero-order chi connectivity index (χ0) is 19.8. The Labute approximate surface area is 167 Å². The van der Waals surface area contributed by atoms with Gasteiger partial charge in [-0.1, -0.05) is 6.07 Å². The number of halogens is 4. The Kier molecular flexibility index (Phi) is 5.27. The lowest BCUT2D eigenvalue weighted by Crippen LogP contribution is -2.15. The first-order chi connectivity index (χ1) is 12.6. The number of carbonyl (C=O) groups is 1. The van der Waals surface area contributed by atoms with E-state index < -0.39 is 17.6 Å². The molecule has 0 aliphatic heterocycles. The van der Waals surface area contributed by atoms with Gasteiger partial charge < -0.3 is 9.88 Å². The van der Waals surface area contributed by atoms with Crippen LogP contribution >= 0.6 is 22.6 Å². The Morgan fingerprint density at radius 1 is 1.15 bits per heavy atom. The van der Waals surface area contributed by atoms with Gasteiger partial charge in [0.05, 0.1) is 17.6 Å². The summed E-state index contributed by atoms with van der Waals surface area (Å²) < 4.78 is 42.3. The van der Waals surface area contributed by atoms with E-state index in [1.54, 1.807) is 25.3 Å². The fraction of sp³-hybridized carbons (Fsp3) is 0.158. The van der Waals surface area contributed by atoms with Crippen LogP contribution in [-0.2, 0) is 6.18 Å². The van der Waals surface area contributed by atoms with Gasteiger partial charge in [0, 0.05) is 26.7 Å². The van der Waals surface area contributed by atoms with Crippen molar-refractivity contribution in [1.82, 2.24) is 9.55 Å². The minimum atomic E-state index is -4.57. The van der Waals surface area contributed by atoms with Gasteiger partial charge in [0.2, 0.25) is 0 Å². The lowest BCUT2D eigenvalue weighted by molar-refractivity contribution is -0.137. The number of anilines is 1. The highest BCUT2D eigenvalue weighted by Gasteiger charge is 2.32. The maximum absolute atomic E-state index is 13.3. The molecular weight excluding hydrogens is 470 g/mol. The molecule has 27 heavy (non-hydrogen) atoms. The normalized spacial score (nSPS) is 11.5. The number of benzene rings is 2. The van der Waals surface area contributed by atoms with E-state index in [-0.39, 0.29) is 11.3 Å². The minimum Gasteiger partial charge on any atom is -0.322 e. The number of amides is 1. The summed E-state index contributed by atoms with van der Waals surface area (Å²) in [6, 6.07) is 8.56. The van der Waals surface area contributed by atoms with E-state index in [2.05, 4.69) is 32.9 Å². The number of aryl methyl sites for hydroxylation is 2. The van der Waals surface area contributed by atoms with Gasteiger partial charge in [-0.3, -0.25) is 4.79 Å². The van der Waals surface area contributed by atoms with Gasteiger partial charge in [-0.15, -0.1) is 0 Å². The Bertz CT molecular complexity index is 1010. The molecular formula is C19H15F3IN3O. The Balaban J connectivity index is 2.00. The number of hydrogen-bond donors (Lipinski definition) is 1. The van der Waals surface area contributed by atoms with Gasteiger partial charge in [0.15, 0.2) is 0 Å². The van der Waals surface area contributed by atoms with Crippen molar-refractivity contribution < 1.29 is 18.0 Å². The summed E-state index contributed by atoms with van der Waals surface area (Å²) in [5.41, 5.74) is 1.47. The van der Waals surface area contributed by atoms with E-state index in [0.29, 0.717) is 11.4 Å². The highest BCUT2D eigenvalue weighted by molar-refractivity contribution is 14.1. The van der Waals surface area contributed by atoms with Crippen LogP contribution in [-0.4, -0.2) is 15.5 Å². The lowest BCUT2D eigenvalue weighted by Gasteiger charge is -2.13. The van der Waals surface area contributed by atoms with E-state index in [4.69, 9.17) is 0 Å². The van der Waals surface area contributed by atoms with Gasteiger partial charge in [0.25, 0.3) is 5.91 Å². The molecule has 0 saturated carbocycles. The molecule has 8 heteroatoms. The third-order valence-electron chi connectivity index (χ3n) is 3.95. The van der Waals surface area contributed by atoms with E-state index in [9.17, 15) is 18.0 Å². The van der Waals surface area contributed by atoms with Crippen molar-refractivity contribution in [2.45, 2.75) is 20.0 Å². The molecule has 0 unspecified atom stereocenters. The van der Waals surface area contributed by atoms with E-state index >= 15 is 0 Å². The van der Waals surface area contributed by atoms with Crippen LogP contribution in [0.15, 0.2) is 48.9 Å². The molecule has 0 aliphatic rings. The Morgan fingerprint density at radius 2 is 1.89 bits per heavy atom. The van der Waals surface area contributed by atoms with Crippen LogP contribution < -0.4 is 5.32 Å². The number of aromatic nitrogens is 2. The zero-order valence-electron chi connectivity index (χ0n) is 14.4. The molecule has 1 heterocycles. The summed E-state index contributed by atoms with van der Waals surface area (Å²) in [4.78, 5) is 16.6. The van der Waals surface area contributed by atoms with Crippen molar-refractivity contribution in [1.29, 1.82) is 0 Å². The molecule has 140 valence electrons. The summed E-state index contributed by atoms with van der Waals surface area (Å²) in [5.74, 6) is -0.612. The van der Waals surface area contributed by atoms with Gasteiger partial charge in [-0.25, -0.2) is 4.98 Å². The number of hydrogen-bond acceptors (Lipinski definition) is 2. The van der Waals surface area contributed by atoms with Gasteiger partial charge in [-0.2, -0.15) is 13.2 Å². The van der Waals surface area contributed by atoms with Crippen molar-refractivity contribution in [3.05, 3.63) is 74.9 Å². The first-order valence-corrected chi connectivity index (χ1v) is 9.02. The average molecular weight is 485 g/mol. The van der Waals surface area contributed by atoms with E-state index in [0.717, 1.165) is 21.3 Å². The van der Waals surface area contributed by atoms with Crippen LogP contribution in [0.25, 0.3) is 5.69 Å². The second kappa shape index (κ2) is 7.34. The maximum Gasteiger partial charge on any atom is 0.416 e. The molecule has 2 aromatic carbocycles. The van der Waals surface area contributed by atoms with Crippen molar-refractivity contribution >= 4 is 34.2 Å². The first kappa shape index (κ1) is 19.4. The zero-order valence-corrected chi connectivity index (χ0v) is 16.6. The highest BCUT2D eigenvalue weighted by Crippen LogP contribution is 2.32. The van der Waals surface area contributed by atoms with Crippen molar-refractivity contribution in [2.75, 3.05) is 5.32 Å². The number of nitrogens with zero attached hydrogens (tertiary/aromatic N) is 2. The molecule has 1 aromatic heterocycles. The minimum absolute atomic E-state index is 0.0817. The van der Waals surface area contributed by atoms with Crippen molar-refractivity contribution in [3.8, 4) is 5.69 Å². The first-order valence-electron chi connectivity index (χ1n) is 7.94. The van der Waals surface area contributed by atoms with Gasteiger partial charge >= 0.3 is 6.18 Å². The molecule has 0 fully saturated rings. The molecule has 1 N–H and O–H groups in total. The van der Waals surface area contributed by atoms with Crippen molar-refractivity contribution in [2.24, 2.45) is 0 Å². The smallest absolute Gasteiger partial charge is 0.322 e. The fourth-order valence-electron chi connectivity index (χ4n) is 2.49. The molecule has 3 rings (SSSR count). The SMILES string of the molecule is Cc1cn(-c2cc(C(=O)Nc3ccc(C)c(I)c3)cc(C(F)(F)F)c2)cn1. The third kappa shape index (κ3) is 4.49. The molecule has 0 aliphatic carbocycles. The molecule has 0 atom stereocenters. The quantitative estimate of drug-likeness (QED) is 0.508. The number of imidazole rings is 1. The lowest BCUT2D eigenvalue weighted by atomic mass is 10.1. The van der Waals surface area contributed by atoms with Crippen molar-refractivity contribution in [3.63, 3.8) is 0 Å². The number of rotatable bonds is 3. The summed E-state index contributed by atoms with van der Waals surface area (Å²) >= 11 is 2.13. The fourth-order valence-corrected chi connectivity index (χ4v) is 3.01. The molecule has 1 amide bonds. The Morgan fingerprint density at radius 3 is 2.48 bits per heavy atom. The topological polar surface area (TPSA) is 46.9 Å². The molecule has 4 nitrogen and oxygen atoms in total. The molecule has 0 radical (unpaired) electrons. The van der Waals surface area contributed by atoms with Gasteiger partial charge in [0.1, 0.15) is 0 Å². The average Bonchev–Trinajstić information content (AvgIpc) is 3.03. The largest absolute Gasteiger partial charge is 0.416 e. The Hall–Kier alpha value is -2.36. The number of alkyl halides is 3. The van der Waals surface area contributed by atoms with E-state index in [1.807, 2.05) is 13.0 Å². The summed E-state index contributed by atoms with van der Waals surface area (Å²) in [6.07, 6.45) is -1.56. The molecule has 0 saturated heterocycles. The predicted octanol–water partition coefficient (Wildman–Crippen LogP) is 5.36. The summed E-state index contributed by atoms with van der Waals surface area (Å²) in [6.45, 7) is 3.66. The van der Waals surface area contributed by atoms with Crippen LogP contribution in [0.3, 0.4) is 0 Å². The van der Waals surface area contributed by atoms with Crippen LogP contribution in [0, 0.1) is 17.4 Å². The standard InChI is InChI=1S/C19H15F3IN3O/c1-11-3-4-15(8-17(11)23)25-18(27)13-5-14(19(20,21)22)7-16(6-13)26-9-12(2)24-10-26/h3-10H,1-2H3,(H,25,27). The number of nitrogens with one attached hydrogen (secondary N) is 1. The van der Waals surface area contributed by atoms with Crippen LogP contribution in [0.4, 0.5) is 18.9 Å². The van der Waals surface area contributed by atoms with Crippen LogP contribution in [0.2, 0.25) is 0 Å². The molecule has 0 bridgehead atoms. The van der Waals surface area contributed by atoms with Crippen LogP contribution in [0.5, 0.6) is 0 Å². The molecule has 0 spiro atoms. The number of carbonyl (C=O) groups excluding carboxylic acids is 1. The summed E-state index contributed by atoms with van der Waals surface area (Å²) in [5, 5.41) is 2.65. The second-order valence-electron chi connectivity index (χ2n) is 6.11. The monoisotopic (exact) mass is 485 g/mol.